The number of rotatable bonds is 2. The van der Waals surface area contributed by atoms with E-state index in [0.29, 0.717) is 10.4 Å². The molecule has 1 heterocycles. The van der Waals surface area contributed by atoms with Gasteiger partial charge in [0.1, 0.15) is 5.76 Å². The van der Waals surface area contributed by atoms with Crippen molar-refractivity contribution in [2.24, 2.45) is 5.11 Å². The minimum absolute atomic E-state index is 0.272. The Bertz CT molecular complexity index is 301. The van der Waals surface area contributed by atoms with Crippen LogP contribution in [0.1, 0.15) is 11.3 Å². The molecule has 0 bridgehead atoms. The number of azide groups is 1. The zero-order valence-electron chi connectivity index (χ0n) is 5.91. The molecule has 0 saturated heterocycles. The molecule has 1 aromatic rings. The predicted molar refractivity (Wildman–Crippen MR) is 44.0 cm³/mol. The summed E-state index contributed by atoms with van der Waals surface area (Å²) >= 11 is 3.17. The zero-order chi connectivity index (χ0) is 8.27. The van der Waals surface area contributed by atoms with E-state index in [2.05, 4.69) is 26.0 Å². The highest BCUT2D eigenvalue weighted by atomic mass is 79.9. The van der Waals surface area contributed by atoms with Crippen molar-refractivity contribution in [3.63, 3.8) is 0 Å². The fourth-order valence-corrected chi connectivity index (χ4v) is 1.27. The van der Waals surface area contributed by atoms with E-state index in [0.717, 1.165) is 5.56 Å². The molecule has 0 aromatic carbocycles. The molecule has 0 amide bonds. The van der Waals surface area contributed by atoms with Gasteiger partial charge < -0.3 is 4.42 Å². The predicted octanol–water partition coefficient (Wildman–Crippen LogP) is 3.16. The lowest BCUT2D eigenvalue weighted by molar-refractivity contribution is 0.488. The van der Waals surface area contributed by atoms with Crippen LogP contribution in [0.5, 0.6) is 0 Å². The standard InChI is InChI=1S/C6H6BrN3O/c1-4-2-6(7)11-5(4)3-9-10-8/h2H,3H2,1H3. The van der Waals surface area contributed by atoms with E-state index in [9.17, 15) is 0 Å². The van der Waals surface area contributed by atoms with Crippen molar-refractivity contribution in [3.05, 3.63) is 32.5 Å². The first-order valence-corrected chi connectivity index (χ1v) is 3.79. The molecule has 0 fully saturated rings. The topological polar surface area (TPSA) is 61.9 Å². The van der Waals surface area contributed by atoms with Crippen molar-refractivity contribution in [3.8, 4) is 0 Å². The third-order valence-corrected chi connectivity index (χ3v) is 1.66. The first-order valence-electron chi connectivity index (χ1n) is 2.99. The van der Waals surface area contributed by atoms with Crippen LogP contribution in [0.3, 0.4) is 0 Å². The van der Waals surface area contributed by atoms with E-state index in [1.165, 1.54) is 0 Å². The minimum Gasteiger partial charge on any atom is -0.454 e. The van der Waals surface area contributed by atoms with Gasteiger partial charge in [0.2, 0.25) is 0 Å². The Labute approximate surface area is 72.0 Å². The number of nitrogens with zero attached hydrogens (tertiary/aromatic N) is 3. The van der Waals surface area contributed by atoms with Gasteiger partial charge in [-0.3, -0.25) is 0 Å². The van der Waals surface area contributed by atoms with Gasteiger partial charge >= 0.3 is 0 Å². The Balaban J connectivity index is 2.85. The zero-order valence-corrected chi connectivity index (χ0v) is 7.50. The van der Waals surface area contributed by atoms with Gasteiger partial charge in [-0.25, -0.2) is 0 Å². The maximum Gasteiger partial charge on any atom is 0.169 e. The first kappa shape index (κ1) is 8.17. The smallest absolute Gasteiger partial charge is 0.169 e. The van der Waals surface area contributed by atoms with Gasteiger partial charge in [-0.2, -0.15) is 0 Å². The summed E-state index contributed by atoms with van der Waals surface area (Å²) in [7, 11) is 0. The second-order valence-electron chi connectivity index (χ2n) is 2.05. The summed E-state index contributed by atoms with van der Waals surface area (Å²) in [4.78, 5) is 2.63. The van der Waals surface area contributed by atoms with Gasteiger partial charge in [-0.15, -0.1) is 0 Å². The van der Waals surface area contributed by atoms with E-state index >= 15 is 0 Å². The van der Waals surface area contributed by atoms with Crippen molar-refractivity contribution in [2.75, 3.05) is 0 Å². The maximum absolute atomic E-state index is 8.03. The summed E-state index contributed by atoms with van der Waals surface area (Å²) in [6.45, 7) is 2.17. The third kappa shape index (κ3) is 2.00. The SMILES string of the molecule is Cc1cc(Br)oc1CN=[N+]=[N-]. The minimum atomic E-state index is 0.272. The van der Waals surface area contributed by atoms with Gasteiger partial charge in [-0.05, 0) is 40.0 Å². The molecule has 0 aliphatic heterocycles. The number of hydrogen-bond donors (Lipinski definition) is 0. The average molecular weight is 216 g/mol. The fourth-order valence-electron chi connectivity index (χ4n) is 0.731. The number of furan rings is 1. The molecule has 0 radical (unpaired) electrons. The van der Waals surface area contributed by atoms with Gasteiger partial charge in [0, 0.05) is 4.91 Å². The Morgan fingerprint density at radius 2 is 2.55 bits per heavy atom. The maximum atomic E-state index is 8.03. The molecule has 1 rings (SSSR count). The van der Waals surface area contributed by atoms with Crippen LogP contribution in [0.4, 0.5) is 0 Å². The van der Waals surface area contributed by atoms with E-state index in [1.54, 1.807) is 0 Å². The number of aryl methyl sites for hydroxylation is 1. The van der Waals surface area contributed by atoms with E-state index in [1.807, 2.05) is 13.0 Å². The summed E-state index contributed by atoms with van der Waals surface area (Å²) in [6, 6.07) is 1.84. The van der Waals surface area contributed by atoms with E-state index in [-0.39, 0.29) is 6.54 Å². The van der Waals surface area contributed by atoms with Crippen LogP contribution in [0.2, 0.25) is 0 Å². The molecular formula is C6H6BrN3O. The highest BCUT2D eigenvalue weighted by molar-refractivity contribution is 9.10. The van der Waals surface area contributed by atoms with Crippen LogP contribution < -0.4 is 0 Å². The summed E-state index contributed by atoms with van der Waals surface area (Å²) in [6.07, 6.45) is 0. The average Bonchev–Trinajstić information content (AvgIpc) is 2.26. The highest BCUT2D eigenvalue weighted by Crippen LogP contribution is 2.19. The molecule has 0 aliphatic rings. The lowest BCUT2D eigenvalue weighted by Crippen LogP contribution is -1.77. The van der Waals surface area contributed by atoms with Gasteiger partial charge in [-0.1, -0.05) is 5.11 Å². The molecule has 4 nitrogen and oxygen atoms in total. The highest BCUT2D eigenvalue weighted by Gasteiger charge is 2.02. The van der Waals surface area contributed by atoms with Crippen molar-refractivity contribution < 1.29 is 4.42 Å². The van der Waals surface area contributed by atoms with Crippen LogP contribution in [-0.4, -0.2) is 0 Å². The fraction of sp³-hybridized carbons (Fsp3) is 0.333. The first-order chi connectivity index (χ1) is 5.24. The Hall–Kier alpha value is -0.930. The molecule has 0 atom stereocenters. The third-order valence-electron chi connectivity index (χ3n) is 1.27. The van der Waals surface area contributed by atoms with Crippen molar-refractivity contribution >= 4 is 15.9 Å². The van der Waals surface area contributed by atoms with Crippen LogP contribution in [0.25, 0.3) is 10.4 Å². The van der Waals surface area contributed by atoms with E-state index in [4.69, 9.17) is 9.95 Å². The molecule has 0 unspecified atom stereocenters. The van der Waals surface area contributed by atoms with E-state index < -0.39 is 0 Å². The summed E-state index contributed by atoms with van der Waals surface area (Å²) in [5.74, 6) is 0.703. The second-order valence-corrected chi connectivity index (χ2v) is 2.83. The van der Waals surface area contributed by atoms with Crippen molar-refractivity contribution in [2.45, 2.75) is 13.5 Å². The molecule has 5 heteroatoms. The van der Waals surface area contributed by atoms with Crippen LogP contribution >= 0.6 is 15.9 Å². The lowest BCUT2D eigenvalue weighted by atomic mass is 10.3. The summed E-state index contributed by atoms with van der Waals surface area (Å²) in [5.41, 5.74) is 9.02. The van der Waals surface area contributed by atoms with Crippen molar-refractivity contribution in [1.29, 1.82) is 0 Å². The number of halogens is 1. The summed E-state index contributed by atoms with van der Waals surface area (Å²) in [5, 5.41) is 3.38. The molecule has 1 aromatic heterocycles. The van der Waals surface area contributed by atoms with Crippen molar-refractivity contribution in [1.82, 2.24) is 0 Å². The monoisotopic (exact) mass is 215 g/mol. The Morgan fingerprint density at radius 1 is 1.82 bits per heavy atom. The molecule has 0 saturated carbocycles. The quantitative estimate of drug-likeness (QED) is 0.425. The summed E-state index contributed by atoms with van der Waals surface area (Å²) < 4.78 is 5.83. The largest absolute Gasteiger partial charge is 0.454 e. The van der Waals surface area contributed by atoms with Gasteiger partial charge in [0.15, 0.2) is 4.67 Å². The van der Waals surface area contributed by atoms with Gasteiger partial charge in [0.05, 0.1) is 6.54 Å². The second kappa shape index (κ2) is 3.46. The molecule has 58 valence electrons. The van der Waals surface area contributed by atoms with Crippen LogP contribution in [-0.2, 0) is 6.54 Å². The molecule has 0 N–H and O–H groups in total. The van der Waals surface area contributed by atoms with Gasteiger partial charge in [0.25, 0.3) is 0 Å². The normalized spacial score (nSPS) is 9.27. The Morgan fingerprint density at radius 3 is 3.00 bits per heavy atom. The van der Waals surface area contributed by atoms with Crippen LogP contribution in [0.15, 0.2) is 20.3 Å². The molecule has 0 aliphatic carbocycles. The molecular weight excluding hydrogens is 210 g/mol. The number of hydrogen-bond acceptors (Lipinski definition) is 2. The Kier molecular flexibility index (Phi) is 2.57. The molecule has 11 heavy (non-hydrogen) atoms. The van der Waals surface area contributed by atoms with Crippen LogP contribution in [0, 0.1) is 6.92 Å². The molecule has 0 spiro atoms. The lowest BCUT2D eigenvalue weighted by Gasteiger charge is -1.87.